The van der Waals surface area contributed by atoms with Crippen molar-refractivity contribution in [2.45, 2.75) is 89.4 Å². The van der Waals surface area contributed by atoms with Crippen molar-refractivity contribution in [1.29, 1.82) is 0 Å². The van der Waals surface area contributed by atoms with Crippen LogP contribution < -0.4 is 22.3 Å². The van der Waals surface area contributed by atoms with Crippen LogP contribution in [0.15, 0.2) is 60.7 Å². The number of rotatable bonds is 14. The number of hydrogen-bond donors (Lipinski definition) is 3. The lowest BCUT2D eigenvalue weighted by Crippen LogP contribution is -3.00. The number of amides is 2. The monoisotopic (exact) mass is 731 g/mol. The van der Waals surface area contributed by atoms with E-state index in [2.05, 4.69) is 19.4 Å². The van der Waals surface area contributed by atoms with Gasteiger partial charge in [0.1, 0.15) is 12.6 Å². The fourth-order valence-corrected chi connectivity index (χ4v) is 6.57. The number of likely N-dealkylation sites (N-methyl/N-ethyl adjacent to an activating group) is 1. The molecule has 0 aromatic heterocycles. The smallest absolute Gasteiger partial charge is 0.343 e. The summed E-state index contributed by atoms with van der Waals surface area (Å²) in [6.07, 6.45) is 6.21. The molecule has 1 heterocycles. The molecule has 0 bridgehead atoms. The fourth-order valence-electron chi connectivity index (χ4n) is 6.57. The molecule has 4 rings (SSSR count). The number of likely N-dealkylation sites (tertiary alicyclic amines) is 1. The molecule has 2 aliphatic rings. The van der Waals surface area contributed by atoms with E-state index in [-0.39, 0.29) is 53.7 Å². The normalized spacial score (nSPS) is 18.6. The zero-order valence-corrected chi connectivity index (χ0v) is 30.5. The average Bonchev–Trinajstić information content (AvgIpc) is 3.73. The molecule has 3 atom stereocenters. The molecule has 3 N–H and O–H groups in total. The van der Waals surface area contributed by atoms with Crippen molar-refractivity contribution in [2.24, 2.45) is 5.92 Å². The molecule has 2 fully saturated rings. The van der Waals surface area contributed by atoms with E-state index in [0.29, 0.717) is 24.2 Å². The number of esters is 1. The number of aliphatic hydroxyl groups is 1. The van der Waals surface area contributed by atoms with Crippen LogP contribution in [0, 0.1) is 5.92 Å². The van der Waals surface area contributed by atoms with Gasteiger partial charge in [0, 0.05) is 37.4 Å². The Morgan fingerprint density at radius 1 is 0.938 bits per heavy atom. The molecule has 1 saturated carbocycles. The lowest BCUT2D eigenvalue weighted by Gasteiger charge is -2.33. The van der Waals surface area contributed by atoms with Gasteiger partial charge in [-0.2, -0.15) is 0 Å². The molecule has 266 valence electrons. The van der Waals surface area contributed by atoms with Crippen LogP contribution in [0.1, 0.15) is 87.6 Å². The average molecular weight is 733 g/mol. The summed E-state index contributed by atoms with van der Waals surface area (Å²) < 4.78 is 6.64. The van der Waals surface area contributed by atoms with Crippen LogP contribution in [0.2, 0.25) is 0 Å². The summed E-state index contributed by atoms with van der Waals surface area (Å²) in [5, 5.41) is 23.0. The summed E-state index contributed by atoms with van der Waals surface area (Å²) in [6.45, 7) is 6.97. The molecule has 48 heavy (non-hydrogen) atoms. The Labute approximate surface area is 296 Å². The van der Waals surface area contributed by atoms with Crippen LogP contribution in [0.3, 0.4) is 0 Å². The Hall–Kier alpha value is -3.28. The molecular formula is C37H54BrN3O7. The second-order valence-corrected chi connectivity index (χ2v) is 13.4. The fraction of sp³-hybridized carbons (Fsp3) is 0.568. The minimum atomic E-state index is -1.50. The summed E-state index contributed by atoms with van der Waals surface area (Å²) >= 11 is 0. The largest absolute Gasteiger partial charge is 1.00 e. The third kappa shape index (κ3) is 11.7. The molecule has 2 aromatic rings. The molecule has 1 aliphatic carbocycles. The first-order chi connectivity index (χ1) is 22.4. The van der Waals surface area contributed by atoms with Crippen LogP contribution in [0.4, 0.5) is 0 Å². The summed E-state index contributed by atoms with van der Waals surface area (Å²) in [4.78, 5) is 50.5. The van der Waals surface area contributed by atoms with Crippen molar-refractivity contribution in [3.05, 3.63) is 71.8 Å². The van der Waals surface area contributed by atoms with Gasteiger partial charge >= 0.3 is 11.9 Å². The van der Waals surface area contributed by atoms with Crippen molar-refractivity contribution < 1.29 is 55.6 Å². The molecule has 0 spiro atoms. The van der Waals surface area contributed by atoms with Gasteiger partial charge in [0.2, 0.25) is 5.91 Å². The van der Waals surface area contributed by atoms with Crippen molar-refractivity contribution in [3.63, 3.8) is 0 Å². The second kappa shape index (κ2) is 19.7. The third-order valence-electron chi connectivity index (χ3n) is 9.08. The predicted octanol–water partition coefficient (Wildman–Crippen LogP) is 1.76. The van der Waals surface area contributed by atoms with Crippen molar-refractivity contribution in [3.8, 4) is 0 Å². The maximum Gasteiger partial charge on any atom is 0.343 e. The minimum absolute atomic E-state index is 0. The number of hydrogen-bond acceptors (Lipinski definition) is 6. The zero-order chi connectivity index (χ0) is 34.5. The van der Waals surface area contributed by atoms with Crippen LogP contribution in [0.25, 0.3) is 0 Å². The summed E-state index contributed by atoms with van der Waals surface area (Å²) in [5.41, 5.74) is -0.385. The van der Waals surface area contributed by atoms with Crippen molar-refractivity contribution in [2.75, 3.05) is 40.3 Å². The molecule has 2 amide bonds. The molecule has 0 radical (unpaired) electrons. The lowest BCUT2D eigenvalue weighted by molar-refractivity contribution is -0.879. The van der Waals surface area contributed by atoms with Gasteiger partial charge in [-0.1, -0.05) is 75.2 Å². The standard InChI is InChI=1S/C19H28NO3.C18H26N2O4.BrH/c1-20(2)13-12-17(14-20)23-18(21)19(22,16-10-6-7-11-16)15-8-4-3-5-9-15;1-3-12-20(13-4-2)18(24)15(10-11-16(21)22)19-17(23)14-8-6-5-7-9-14;/h3-5,8-9,16-17,22H,6-7,10-14H2,1-2H3;5-9,15H,3-4,10-13H2,1-2H3,(H,19,23)(H,21,22);1H/q+1;;/p-1. The van der Waals surface area contributed by atoms with E-state index in [0.717, 1.165) is 62.5 Å². The minimum Gasteiger partial charge on any atom is -1.00 e. The van der Waals surface area contributed by atoms with E-state index in [1.807, 2.05) is 44.2 Å². The Balaban J connectivity index is 0.000000327. The molecule has 2 aromatic carbocycles. The molecule has 1 saturated heterocycles. The van der Waals surface area contributed by atoms with Gasteiger partial charge in [-0.25, -0.2) is 4.79 Å². The van der Waals surface area contributed by atoms with Crippen LogP contribution >= 0.6 is 0 Å². The van der Waals surface area contributed by atoms with Gasteiger partial charge in [-0.15, -0.1) is 0 Å². The highest BCUT2D eigenvalue weighted by Crippen LogP contribution is 2.42. The number of aliphatic carboxylic acids is 1. The number of carbonyl (C=O) groups excluding carboxylic acids is 3. The van der Waals surface area contributed by atoms with Gasteiger partial charge in [-0.3, -0.25) is 14.4 Å². The van der Waals surface area contributed by atoms with E-state index in [4.69, 9.17) is 9.84 Å². The number of carbonyl (C=O) groups is 4. The van der Waals surface area contributed by atoms with Gasteiger partial charge < -0.3 is 46.6 Å². The highest BCUT2D eigenvalue weighted by molar-refractivity contribution is 5.97. The first kappa shape index (κ1) is 40.9. The highest BCUT2D eigenvalue weighted by Gasteiger charge is 2.49. The van der Waals surface area contributed by atoms with Gasteiger partial charge in [0.25, 0.3) is 5.91 Å². The Bertz CT molecular complexity index is 1300. The van der Waals surface area contributed by atoms with Gasteiger partial charge in [0.15, 0.2) is 11.7 Å². The molecular weight excluding hydrogens is 678 g/mol. The maximum atomic E-state index is 12.9. The number of quaternary nitrogens is 1. The topological polar surface area (TPSA) is 133 Å². The van der Waals surface area contributed by atoms with E-state index in [9.17, 15) is 24.3 Å². The molecule has 3 unspecified atom stereocenters. The number of benzene rings is 2. The Morgan fingerprint density at radius 2 is 1.50 bits per heavy atom. The van der Waals surface area contributed by atoms with Crippen LogP contribution in [-0.4, -0.2) is 95.8 Å². The van der Waals surface area contributed by atoms with Gasteiger partial charge in [0.05, 0.1) is 20.6 Å². The van der Waals surface area contributed by atoms with Crippen LogP contribution in [-0.2, 0) is 24.7 Å². The Kier molecular flexibility index (Phi) is 16.7. The van der Waals surface area contributed by atoms with Crippen molar-refractivity contribution >= 4 is 23.8 Å². The summed E-state index contributed by atoms with van der Waals surface area (Å²) in [6, 6.07) is 17.1. The van der Waals surface area contributed by atoms with E-state index in [1.165, 1.54) is 0 Å². The zero-order valence-electron chi connectivity index (χ0n) is 28.9. The first-order valence-corrected chi connectivity index (χ1v) is 17.1. The van der Waals surface area contributed by atoms with E-state index >= 15 is 0 Å². The summed E-state index contributed by atoms with van der Waals surface area (Å²) in [5.74, 6) is -2.07. The lowest BCUT2D eigenvalue weighted by atomic mass is 9.80. The maximum absolute atomic E-state index is 12.9. The first-order valence-electron chi connectivity index (χ1n) is 17.1. The number of carboxylic acid groups (broad SMARTS) is 1. The number of ether oxygens (including phenoxy) is 1. The summed E-state index contributed by atoms with van der Waals surface area (Å²) in [7, 11) is 4.29. The van der Waals surface area contributed by atoms with Crippen molar-refractivity contribution in [1.82, 2.24) is 10.2 Å². The predicted molar refractivity (Wildman–Crippen MR) is 180 cm³/mol. The number of carboxylic acids is 1. The number of halogens is 1. The van der Waals surface area contributed by atoms with E-state index < -0.39 is 23.6 Å². The van der Waals surface area contributed by atoms with E-state index in [1.54, 1.807) is 35.2 Å². The Morgan fingerprint density at radius 3 is 2.00 bits per heavy atom. The number of nitrogens with zero attached hydrogens (tertiary/aromatic N) is 2. The molecule has 1 aliphatic heterocycles. The SMILES string of the molecule is CCCN(CCC)C(=O)C(CCC(=O)O)NC(=O)c1ccccc1.C[N+]1(C)CCC(OC(=O)C(O)(c2ccccc2)C2CCCC2)C1.[Br-]. The highest BCUT2D eigenvalue weighted by atomic mass is 79.9. The molecule has 10 nitrogen and oxygen atoms in total. The molecule has 11 heteroatoms. The van der Waals surface area contributed by atoms with Crippen LogP contribution in [0.5, 0.6) is 0 Å². The second-order valence-electron chi connectivity index (χ2n) is 13.4. The van der Waals surface area contributed by atoms with Gasteiger partial charge in [-0.05, 0) is 49.8 Å². The quantitative estimate of drug-likeness (QED) is 0.199. The third-order valence-corrected chi connectivity index (χ3v) is 9.08. The number of nitrogens with one attached hydrogen (secondary N) is 1.